The smallest absolute Gasteiger partial charge is 0.303 e. The number of carbonyl (C=O) groups excluding carboxylic acids is 1. The van der Waals surface area contributed by atoms with Gasteiger partial charge in [0.2, 0.25) is 0 Å². The number of sulfone groups is 1. The summed E-state index contributed by atoms with van der Waals surface area (Å²) in [6.07, 6.45) is 1.02. The quantitative estimate of drug-likeness (QED) is 0.505. The molecule has 32 heavy (non-hydrogen) atoms. The van der Waals surface area contributed by atoms with Gasteiger partial charge in [-0.1, -0.05) is 29.8 Å². The van der Waals surface area contributed by atoms with E-state index in [2.05, 4.69) is 5.32 Å². The Balaban J connectivity index is 1.99. The highest BCUT2D eigenvalue weighted by atomic mass is 35.5. The first-order valence-corrected chi connectivity index (χ1v) is 11.7. The number of nitrogens with zero attached hydrogens (tertiary/aromatic N) is 1. The summed E-state index contributed by atoms with van der Waals surface area (Å²) >= 11 is 6.02. The average Bonchev–Trinajstić information content (AvgIpc) is 3.01. The number of hydrogen-bond donors (Lipinski definition) is 1. The van der Waals surface area contributed by atoms with Gasteiger partial charge in [-0.25, -0.2) is 12.8 Å². The van der Waals surface area contributed by atoms with E-state index in [1.165, 1.54) is 41.0 Å². The summed E-state index contributed by atoms with van der Waals surface area (Å²) in [4.78, 5) is 12.8. The number of aromatic nitrogens is 1. The Morgan fingerprint density at radius 3 is 2.38 bits per heavy atom. The lowest BCUT2D eigenvalue weighted by Crippen LogP contribution is -2.20. The predicted molar refractivity (Wildman–Crippen MR) is 118 cm³/mol. The molecule has 0 spiro atoms. The SMILES string of the molecule is Cc1cc(C(=O)Nc2ccc(S(C)(=O)=O)c(Cl)c2)c(C)n1-c1ccccc1C(F)(F)CF. The van der Waals surface area contributed by atoms with Crippen molar-refractivity contribution >= 4 is 33.0 Å². The molecule has 0 fully saturated rings. The van der Waals surface area contributed by atoms with Gasteiger partial charge in [0, 0.05) is 28.9 Å². The second kappa shape index (κ2) is 8.63. The third-order valence-corrected chi connectivity index (χ3v) is 6.55. The highest BCUT2D eigenvalue weighted by Gasteiger charge is 2.35. The summed E-state index contributed by atoms with van der Waals surface area (Å²) in [6.45, 7) is 1.39. The maximum Gasteiger partial charge on any atom is 0.303 e. The first-order valence-electron chi connectivity index (χ1n) is 9.40. The fourth-order valence-corrected chi connectivity index (χ4v) is 4.82. The number of para-hydroxylation sites is 1. The number of alkyl halides is 3. The molecule has 0 radical (unpaired) electrons. The van der Waals surface area contributed by atoms with E-state index >= 15 is 0 Å². The fraction of sp³-hybridized carbons (Fsp3) is 0.227. The van der Waals surface area contributed by atoms with E-state index in [-0.39, 0.29) is 26.9 Å². The minimum atomic E-state index is -3.68. The zero-order chi connectivity index (χ0) is 23.8. The topological polar surface area (TPSA) is 68.2 Å². The molecular formula is C22H20ClF3N2O3S. The molecule has 0 aliphatic carbocycles. The Labute approximate surface area is 188 Å². The van der Waals surface area contributed by atoms with Gasteiger partial charge < -0.3 is 9.88 Å². The van der Waals surface area contributed by atoms with Gasteiger partial charge in [0.25, 0.3) is 5.91 Å². The first-order chi connectivity index (χ1) is 14.9. The summed E-state index contributed by atoms with van der Waals surface area (Å²) in [7, 11) is -3.52. The van der Waals surface area contributed by atoms with Crippen molar-refractivity contribution in [2.24, 2.45) is 0 Å². The standard InChI is InChI=1S/C22H20ClF3N2O3S/c1-13-10-16(21(29)27-15-8-9-20(18(23)11-15)32(3,30)31)14(2)28(13)19-7-5-4-6-17(19)22(25,26)12-24/h4-11H,12H2,1-3H3,(H,27,29). The maximum absolute atomic E-state index is 14.2. The van der Waals surface area contributed by atoms with Crippen LogP contribution in [0.2, 0.25) is 5.02 Å². The van der Waals surface area contributed by atoms with Crippen LogP contribution >= 0.6 is 11.6 Å². The van der Waals surface area contributed by atoms with E-state index in [1.807, 2.05) is 0 Å². The van der Waals surface area contributed by atoms with Gasteiger partial charge in [-0.3, -0.25) is 4.79 Å². The third kappa shape index (κ3) is 4.54. The summed E-state index contributed by atoms with van der Waals surface area (Å²) in [5, 5.41) is 2.58. The molecule has 5 nitrogen and oxygen atoms in total. The number of nitrogens with one attached hydrogen (secondary N) is 1. The second-order valence-corrected chi connectivity index (χ2v) is 9.74. The monoisotopic (exact) mass is 484 g/mol. The number of aryl methyl sites for hydroxylation is 1. The highest BCUT2D eigenvalue weighted by molar-refractivity contribution is 7.90. The molecular weight excluding hydrogens is 465 g/mol. The van der Waals surface area contributed by atoms with Crippen LogP contribution < -0.4 is 5.32 Å². The number of amides is 1. The van der Waals surface area contributed by atoms with Crippen LogP contribution in [0.5, 0.6) is 0 Å². The molecule has 0 saturated heterocycles. The van der Waals surface area contributed by atoms with Crippen molar-refractivity contribution in [3.63, 3.8) is 0 Å². The van der Waals surface area contributed by atoms with Gasteiger partial charge in [-0.05, 0) is 44.2 Å². The molecule has 10 heteroatoms. The van der Waals surface area contributed by atoms with Gasteiger partial charge >= 0.3 is 5.92 Å². The number of anilines is 1. The van der Waals surface area contributed by atoms with E-state index in [1.54, 1.807) is 19.9 Å². The molecule has 2 aromatic carbocycles. The van der Waals surface area contributed by atoms with Crippen LogP contribution in [-0.2, 0) is 15.8 Å². The Morgan fingerprint density at radius 2 is 1.78 bits per heavy atom. The molecule has 3 aromatic rings. The normalized spacial score (nSPS) is 12.1. The Hall–Kier alpha value is -2.78. The van der Waals surface area contributed by atoms with Crippen molar-refractivity contribution in [3.05, 3.63) is 76.1 Å². The molecule has 1 heterocycles. The number of halogens is 4. The lowest BCUT2D eigenvalue weighted by atomic mass is 10.1. The van der Waals surface area contributed by atoms with Gasteiger partial charge in [0.15, 0.2) is 16.5 Å². The average molecular weight is 485 g/mol. The van der Waals surface area contributed by atoms with E-state index in [9.17, 15) is 26.4 Å². The van der Waals surface area contributed by atoms with E-state index < -0.39 is 33.9 Å². The highest BCUT2D eigenvalue weighted by Crippen LogP contribution is 2.35. The van der Waals surface area contributed by atoms with Crippen LogP contribution in [0.1, 0.15) is 27.3 Å². The molecule has 0 unspecified atom stereocenters. The molecule has 3 rings (SSSR count). The van der Waals surface area contributed by atoms with E-state index in [0.717, 1.165) is 12.3 Å². The van der Waals surface area contributed by atoms with Crippen molar-refractivity contribution in [1.82, 2.24) is 4.57 Å². The molecule has 0 aliphatic heterocycles. The zero-order valence-corrected chi connectivity index (χ0v) is 19.0. The van der Waals surface area contributed by atoms with Gasteiger partial charge in [0.1, 0.15) is 0 Å². The van der Waals surface area contributed by atoms with Crippen molar-refractivity contribution in [2.45, 2.75) is 24.7 Å². The number of rotatable bonds is 6. The third-order valence-electron chi connectivity index (χ3n) is 4.97. The molecule has 1 aromatic heterocycles. The first kappa shape index (κ1) is 23.9. The van der Waals surface area contributed by atoms with Crippen LogP contribution in [0.15, 0.2) is 53.4 Å². The Kier molecular flexibility index (Phi) is 6.44. The van der Waals surface area contributed by atoms with Gasteiger partial charge in [-0.15, -0.1) is 0 Å². The van der Waals surface area contributed by atoms with Crippen LogP contribution in [-0.4, -0.2) is 31.8 Å². The van der Waals surface area contributed by atoms with Crippen molar-refractivity contribution in [3.8, 4) is 5.69 Å². The van der Waals surface area contributed by atoms with Crippen LogP contribution in [0, 0.1) is 13.8 Å². The maximum atomic E-state index is 14.2. The molecule has 170 valence electrons. The van der Waals surface area contributed by atoms with Crippen molar-refractivity contribution < 1.29 is 26.4 Å². The van der Waals surface area contributed by atoms with Gasteiger partial charge in [0.05, 0.1) is 21.2 Å². The summed E-state index contributed by atoms with van der Waals surface area (Å²) in [5.74, 6) is -4.22. The van der Waals surface area contributed by atoms with E-state index in [4.69, 9.17) is 11.6 Å². The lowest BCUT2D eigenvalue weighted by molar-refractivity contribution is -0.0280. The molecule has 0 bridgehead atoms. The summed E-state index contributed by atoms with van der Waals surface area (Å²) in [6, 6.07) is 11.1. The zero-order valence-electron chi connectivity index (χ0n) is 17.4. The van der Waals surface area contributed by atoms with Crippen LogP contribution in [0.3, 0.4) is 0 Å². The van der Waals surface area contributed by atoms with Crippen LogP contribution in [0.4, 0.5) is 18.9 Å². The summed E-state index contributed by atoms with van der Waals surface area (Å²) < 4.78 is 66.2. The molecule has 1 amide bonds. The minimum Gasteiger partial charge on any atom is -0.322 e. The number of benzene rings is 2. The number of carbonyl (C=O) groups is 1. The Morgan fingerprint density at radius 1 is 1.12 bits per heavy atom. The van der Waals surface area contributed by atoms with Crippen molar-refractivity contribution in [2.75, 3.05) is 18.2 Å². The molecule has 1 N–H and O–H groups in total. The largest absolute Gasteiger partial charge is 0.322 e. The Bertz CT molecular complexity index is 1300. The molecule has 0 saturated carbocycles. The second-order valence-electron chi connectivity index (χ2n) is 7.35. The van der Waals surface area contributed by atoms with E-state index in [0.29, 0.717) is 11.4 Å². The lowest BCUT2D eigenvalue weighted by Gasteiger charge is -2.20. The number of hydrogen-bond acceptors (Lipinski definition) is 3. The summed E-state index contributed by atoms with van der Waals surface area (Å²) in [5.41, 5.74) is 0.941. The minimum absolute atomic E-state index is 0.0434. The molecule has 0 atom stereocenters. The molecule has 0 aliphatic rings. The predicted octanol–water partition coefficient (Wildman–Crippen LogP) is 5.46. The fourth-order valence-electron chi connectivity index (χ4n) is 3.49. The van der Waals surface area contributed by atoms with Crippen molar-refractivity contribution in [1.29, 1.82) is 0 Å². The van der Waals surface area contributed by atoms with Gasteiger partial charge in [-0.2, -0.15) is 8.78 Å². The van der Waals surface area contributed by atoms with Crippen LogP contribution in [0.25, 0.3) is 5.69 Å².